The highest BCUT2D eigenvalue weighted by Gasteiger charge is 2.41. The van der Waals surface area contributed by atoms with E-state index in [1.54, 1.807) is 0 Å². The van der Waals surface area contributed by atoms with E-state index in [0.717, 1.165) is 0 Å². The van der Waals surface area contributed by atoms with Gasteiger partial charge in [-0.3, -0.25) is 0 Å². The first-order valence-corrected chi connectivity index (χ1v) is 3.34. The number of hydrogen-bond donors (Lipinski definition) is 2. The van der Waals surface area contributed by atoms with Crippen LogP contribution in [0, 0.1) is 19.3 Å². The Morgan fingerprint density at radius 1 is 1.83 bits per heavy atom. The molecule has 0 aromatic rings. The molecular weight excluding hydrogens is 150 g/mol. The van der Waals surface area contributed by atoms with Crippen molar-refractivity contribution >= 4 is 5.96 Å². The zero-order chi connectivity index (χ0) is 9.35. The largest absolute Gasteiger partial charge is 0.370 e. The van der Waals surface area contributed by atoms with Crippen molar-refractivity contribution in [1.82, 2.24) is 5.32 Å². The highest BCUT2D eigenvalue weighted by molar-refractivity contribution is 5.85. The first kappa shape index (κ1) is 8.28. The average Bonchev–Trinajstić information content (AvgIpc) is 2.26. The molecule has 3 nitrogen and oxygen atoms in total. The molecular formula is C9H10N3+. The summed E-state index contributed by atoms with van der Waals surface area (Å²) in [5.74, 6) is 2.72. The normalized spacial score (nSPS) is 27.2. The summed E-state index contributed by atoms with van der Waals surface area (Å²) in [6.45, 7) is 11.0. The number of nitrogens with two attached hydrogens (primary N) is 1. The van der Waals surface area contributed by atoms with E-state index in [-0.39, 0.29) is 5.96 Å². The van der Waals surface area contributed by atoms with Crippen molar-refractivity contribution in [2.24, 2.45) is 10.7 Å². The van der Waals surface area contributed by atoms with Crippen molar-refractivity contribution in [3.8, 4) is 12.3 Å². The van der Waals surface area contributed by atoms with Gasteiger partial charge in [0.2, 0.25) is 5.54 Å². The molecule has 1 atom stereocenters. The van der Waals surface area contributed by atoms with E-state index in [1.807, 2.05) is 0 Å². The lowest BCUT2D eigenvalue weighted by atomic mass is 9.91. The fraction of sp³-hybridized carbons (Fsp3) is 0.111. The number of rotatable bonds is 1. The van der Waals surface area contributed by atoms with Gasteiger partial charge < -0.3 is 11.1 Å². The van der Waals surface area contributed by atoms with Crippen LogP contribution in [0.2, 0.25) is 0 Å². The Labute approximate surface area is 72.1 Å². The van der Waals surface area contributed by atoms with Gasteiger partial charge >= 0.3 is 0 Å². The molecule has 1 aliphatic rings. The smallest absolute Gasteiger partial charge is 0.224 e. The van der Waals surface area contributed by atoms with Gasteiger partial charge in [0.05, 0.1) is 5.70 Å². The fourth-order valence-corrected chi connectivity index (χ4v) is 1.04. The lowest BCUT2D eigenvalue weighted by molar-refractivity contribution is 0.780. The Morgan fingerprint density at radius 3 is 2.58 bits per heavy atom. The van der Waals surface area contributed by atoms with E-state index in [2.05, 4.69) is 36.3 Å². The van der Waals surface area contributed by atoms with E-state index in [4.69, 9.17) is 12.2 Å². The minimum absolute atomic E-state index is 0.253. The third-order valence-corrected chi connectivity index (χ3v) is 1.72. The molecule has 0 aliphatic carbocycles. The van der Waals surface area contributed by atoms with E-state index < -0.39 is 5.54 Å². The van der Waals surface area contributed by atoms with Crippen LogP contribution < -0.4 is 11.1 Å². The van der Waals surface area contributed by atoms with Crippen LogP contribution in [0.3, 0.4) is 0 Å². The average molecular weight is 160 g/mol. The molecule has 0 bridgehead atoms. The minimum atomic E-state index is -0.954. The SMILES string of the molecule is C#CC1(C(=C)[CH2+])N=C(N)NC1=C. The molecule has 3 heteroatoms. The van der Waals surface area contributed by atoms with Gasteiger partial charge in [-0.2, -0.15) is 0 Å². The molecule has 0 saturated heterocycles. The van der Waals surface area contributed by atoms with Gasteiger partial charge in [0.15, 0.2) is 5.96 Å². The van der Waals surface area contributed by atoms with E-state index in [9.17, 15) is 0 Å². The Morgan fingerprint density at radius 2 is 2.42 bits per heavy atom. The van der Waals surface area contributed by atoms with Gasteiger partial charge in [-0.25, -0.2) is 4.99 Å². The van der Waals surface area contributed by atoms with Crippen molar-refractivity contribution in [2.45, 2.75) is 5.54 Å². The van der Waals surface area contributed by atoms with Crippen molar-refractivity contribution in [2.75, 3.05) is 0 Å². The Kier molecular flexibility index (Phi) is 1.62. The van der Waals surface area contributed by atoms with Crippen molar-refractivity contribution in [1.29, 1.82) is 0 Å². The van der Waals surface area contributed by atoms with Crippen molar-refractivity contribution < 1.29 is 0 Å². The molecule has 12 heavy (non-hydrogen) atoms. The third kappa shape index (κ3) is 0.857. The summed E-state index contributed by atoms with van der Waals surface area (Å²) in [5, 5.41) is 2.73. The second-order valence-electron chi connectivity index (χ2n) is 2.56. The third-order valence-electron chi connectivity index (χ3n) is 1.72. The highest BCUT2D eigenvalue weighted by Crippen LogP contribution is 2.28. The second kappa shape index (κ2) is 2.35. The van der Waals surface area contributed by atoms with E-state index >= 15 is 0 Å². The van der Waals surface area contributed by atoms with Crippen molar-refractivity contribution in [3.63, 3.8) is 0 Å². The number of guanidine groups is 1. The molecule has 1 rings (SSSR count). The van der Waals surface area contributed by atoms with Crippen LogP contribution in [0.25, 0.3) is 0 Å². The molecule has 0 aromatic heterocycles. The molecule has 3 N–H and O–H groups in total. The molecule has 60 valence electrons. The lowest BCUT2D eigenvalue weighted by Gasteiger charge is -2.15. The molecule has 0 aromatic carbocycles. The molecule has 0 radical (unpaired) electrons. The standard InChI is InChI=1S/C9H10N3/c1-5-9(6(2)3)7(4)11-8(10)12-9/h1H,2-4H2,(H3,10,11,12)/q+1. The van der Waals surface area contributed by atoms with Crippen LogP contribution in [-0.4, -0.2) is 11.5 Å². The summed E-state index contributed by atoms with van der Waals surface area (Å²) in [7, 11) is 0. The summed E-state index contributed by atoms with van der Waals surface area (Å²) in [6, 6.07) is 0. The van der Waals surface area contributed by atoms with Crippen LogP contribution in [0.15, 0.2) is 29.4 Å². The van der Waals surface area contributed by atoms with Gasteiger partial charge in [0.25, 0.3) is 0 Å². The summed E-state index contributed by atoms with van der Waals surface area (Å²) < 4.78 is 0. The number of hydrogen-bond acceptors (Lipinski definition) is 3. The zero-order valence-corrected chi connectivity index (χ0v) is 6.72. The van der Waals surface area contributed by atoms with Gasteiger partial charge in [-0.1, -0.05) is 12.5 Å². The molecule has 1 unspecified atom stereocenters. The molecule has 1 heterocycles. The summed E-state index contributed by atoms with van der Waals surface area (Å²) in [6.07, 6.45) is 5.31. The molecule has 0 amide bonds. The van der Waals surface area contributed by atoms with Crippen LogP contribution >= 0.6 is 0 Å². The summed E-state index contributed by atoms with van der Waals surface area (Å²) in [5.41, 5.74) is 5.49. The first-order chi connectivity index (χ1) is 5.53. The van der Waals surface area contributed by atoms with Crippen LogP contribution in [0.4, 0.5) is 0 Å². The van der Waals surface area contributed by atoms with E-state index in [1.165, 1.54) is 0 Å². The van der Waals surface area contributed by atoms with Crippen LogP contribution in [-0.2, 0) is 0 Å². The quantitative estimate of drug-likeness (QED) is 0.424. The first-order valence-electron chi connectivity index (χ1n) is 3.34. The monoisotopic (exact) mass is 160 g/mol. The topological polar surface area (TPSA) is 50.4 Å². The number of nitrogens with zero attached hydrogens (tertiary/aromatic N) is 1. The van der Waals surface area contributed by atoms with Crippen LogP contribution in [0.1, 0.15) is 0 Å². The van der Waals surface area contributed by atoms with E-state index in [0.29, 0.717) is 11.3 Å². The predicted molar refractivity (Wildman–Crippen MR) is 50.0 cm³/mol. The minimum Gasteiger partial charge on any atom is -0.370 e. The predicted octanol–water partition coefficient (Wildman–Crippen LogP) is 0.180. The van der Waals surface area contributed by atoms with Crippen LogP contribution in [0.5, 0.6) is 0 Å². The second-order valence-corrected chi connectivity index (χ2v) is 2.56. The Balaban J connectivity index is 3.21. The molecule has 1 aliphatic heterocycles. The van der Waals surface area contributed by atoms with Gasteiger partial charge in [0, 0.05) is 13.5 Å². The highest BCUT2D eigenvalue weighted by atomic mass is 15.2. The number of aliphatic imine (C=N–C) groups is 1. The maximum Gasteiger partial charge on any atom is 0.224 e. The lowest BCUT2D eigenvalue weighted by Crippen LogP contribution is -2.30. The Bertz CT molecular complexity index is 319. The summed E-state index contributed by atoms with van der Waals surface area (Å²) in [4.78, 5) is 4.00. The van der Waals surface area contributed by atoms with Gasteiger partial charge in [-0.05, 0) is 0 Å². The molecule has 0 fully saturated rings. The molecule has 0 saturated carbocycles. The number of terminal acetylenes is 1. The number of nitrogens with one attached hydrogen (secondary N) is 1. The van der Waals surface area contributed by atoms with Crippen molar-refractivity contribution in [3.05, 3.63) is 31.4 Å². The summed E-state index contributed by atoms with van der Waals surface area (Å²) >= 11 is 0. The zero-order valence-electron chi connectivity index (χ0n) is 6.72. The maximum atomic E-state index is 5.43. The Hall–Kier alpha value is -1.82. The fourth-order valence-electron chi connectivity index (χ4n) is 1.04. The van der Waals surface area contributed by atoms with Gasteiger partial charge in [0.1, 0.15) is 5.57 Å². The molecule has 0 spiro atoms. The maximum absolute atomic E-state index is 5.43. The van der Waals surface area contributed by atoms with Gasteiger partial charge in [-0.15, -0.1) is 6.42 Å².